The summed E-state index contributed by atoms with van der Waals surface area (Å²) in [5, 5.41) is 6.78. The third kappa shape index (κ3) is 3.62. The molecule has 0 unspecified atom stereocenters. The van der Waals surface area contributed by atoms with E-state index in [4.69, 9.17) is 5.10 Å². The summed E-state index contributed by atoms with van der Waals surface area (Å²) in [6.45, 7) is 2.47. The molecular weight excluding hydrogens is 366 g/mol. The van der Waals surface area contributed by atoms with Crippen molar-refractivity contribution in [2.24, 2.45) is 0 Å². The van der Waals surface area contributed by atoms with E-state index in [1.165, 1.54) is 11.3 Å². The van der Waals surface area contributed by atoms with Crippen LogP contribution in [-0.2, 0) is 6.54 Å². The number of aryl methyl sites for hydroxylation is 1. The van der Waals surface area contributed by atoms with Gasteiger partial charge in [0.2, 0.25) is 0 Å². The molecule has 0 aliphatic heterocycles. The predicted molar refractivity (Wildman–Crippen MR) is 114 cm³/mol. The number of aromatic nitrogens is 2. The molecule has 140 valence electrons. The molecule has 0 spiro atoms. The smallest absolute Gasteiger partial charge is 0.264 e. The highest BCUT2D eigenvalue weighted by Gasteiger charge is 2.19. The van der Waals surface area contributed by atoms with Crippen LogP contribution in [0.4, 0.5) is 0 Å². The van der Waals surface area contributed by atoms with E-state index >= 15 is 0 Å². The van der Waals surface area contributed by atoms with Crippen LogP contribution in [0.5, 0.6) is 0 Å². The maximum atomic E-state index is 12.9. The first-order valence-corrected chi connectivity index (χ1v) is 10.0. The van der Waals surface area contributed by atoms with Gasteiger partial charge < -0.3 is 4.90 Å². The van der Waals surface area contributed by atoms with Crippen LogP contribution < -0.4 is 0 Å². The number of carbonyl (C=O) groups is 1. The van der Waals surface area contributed by atoms with Gasteiger partial charge in [-0.15, -0.1) is 11.3 Å². The summed E-state index contributed by atoms with van der Waals surface area (Å²) < 4.78 is 1.88. The van der Waals surface area contributed by atoms with Gasteiger partial charge >= 0.3 is 0 Å². The van der Waals surface area contributed by atoms with Crippen molar-refractivity contribution in [3.05, 3.63) is 94.3 Å². The van der Waals surface area contributed by atoms with E-state index in [0.717, 1.165) is 32.9 Å². The quantitative estimate of drug-likeness (QED) is 0.473. The lowest BCUT2D eigenvalue weighted by Crippen LogP contribution is -2.26. The molecule has 1 amide bonds. The third-order valence-electron chi connectivity index (χ3n) is 4.67. The van der Waals surface area contributed by atoms with Crippen molar-refractivity contribution in [3.8, 4) is 16.9 Å². The minimum Gasteiger partial charge on any atom is -0.337 e. The van der Waals surface area contributed by atoms with Crippen molar-refractivity contribution in [3.63, 3.8) is 0 Å². The number of amides is 1. The molecule has 2 aromatic carbocycles. The molecule has 2 heterocycles. The average Bonchev–Trinajstić information content (AvgIpc) is 3.35. The maximum absolute atomic E-state index is 12.9. The first kappa shape index (κ1) is 18.2. The number of para-hydroxylation sites is 1. The van der Waals surface area contributed by atoms with Crippen molar-refractivity contribution in [1.29, 1.82) is 0 Å². The fourth-order valence-corrected chi connectivity index (χ4v) is 4.09. The molecule has 0 saturated carbocycles. The van der Waals surface area contributed by atoms with Crippen LogP contribution in [0.25, 0.3) is 16.9 Å². The largest absolute Gasteiger partial charge is 0.337 e. The zero-order chi connectivity index (χ0) is 19.5. The van der Waals surface area contributed by atoms with E-state index in [1.54, 1.807) is 4.90 Å². The molecule has 5 heteroatoms. The summed E-state index contributed by atoms with van der Waals surface area (Å²) in [5.41, 5.74) is 4.96. The minimum absolute atomic E-state index is 0.0407. The van der Waals surface area contributed by atoms with Gasteiger partial charge in [-0.1, -0.05) is 48.5 Å². The highest BCUT2D eigenvalue weighted by Crippen LogP contribution is 2.26. The van der Waals surface area contributed by atoms with Gasteiger partial charge in [0.25, 0.3) is 5.91 Å². The normalized spacial score (nSPS) is 10.8. The molecule has 0 aliphatic carbocycles. The molecule has 0 bridgehead atoms. The number of benzene rings is 2. The van der Waals surface area contributed by atoms with Gasteiger partial charge in [0.15, 0.2) is 0 Å². The van der Waals surface area contributed by atoms with Gasteiger partial charge in [-0.05, 0) is 36.1 Å². The standard InChI is InChI=1S/C23H21N3OS/c1-17-13-14-28-22(17)23(27)25(2)15-19-16-26(20-11-7-4-8-12-20)24-21(19)18-9-5-3-6-10-18/h3-14,16H,15H2,1-2H3. The molecule has 4 aromatic rings. The van der Waals surface area contributed by atoms with Crippen molar-refractivity contribution < 1.29 is 4.79 Å². The Morgan fingerprint density at radius 3 is 2.36 bits per heavy atom. The molecule has 2 aromatic heterocycles. The first-order chi connectivity index (χ1) is 13.6. The monoisotopic (exact) mass is 387 g/mol. The highest BCUT2D eigenvalue weighted by molar-refractivity contribution is 7.12. The maximum Gasteiger partial charge on any atom is 0.264 e. The molecular formula is C23H21N3OS. The zero-order valence-electron chi connectivity index (χ0n) is 15.9. The second-order valence-electron chi connectivity index (χ2n) is 6.74. The Morgan fingerprint density at radius 1 is 1.04 bits per heavy atom. The second-order valence-corrected chi connectivity index (χ2v) is 7.66. The van der Waals surface area contributed by atoms with E-state index in [9.17, 15) is 4.79 Å². The number of thiophene rings is 1. The molecule has 0 radical (unpaired) electrons. The Hall–Kier alpha value is -3.18. The van der Waals surface area contributed by atoms with Crippen molar-refractivity contribution in [2.75, 3.05) is 7.05 Å². The lowest BCUT2D eigenvalue weighted by atomic mass is 10.1. The summed E-state index contributed by atoms with van der Waals surface area (Å²) >= 11 is 1.49. The van der Waals surface area contributed by atoms with Crippen LogP contribution >= 0.6 is 11.3 Å². The van der Waals surface area contributed by atoms with Gasteiger partial charge in [0.1, 0.15) is 0 Å². The van der Waals surface area contributed by atoms with Gasteiger partial charge in [-0.25, -0.2) is 4.68 Å². The van der Waals surface area contributed by atoms with Crippen LogP contribution in [0.1, 0.15) is 20.8 Å². The van der Waals surface area contributed by atoms with E-state index in [0.29, 0.717) is 6.54 Å². The number of rotatable bonds is 5. The summed E-state index contributed by atoms with van der Waals surface area (Å²) in [5.74, 6) is 0.0407. The molecule has 4 rings (SSSR count). The minimum atomic E-state index is 0.0407. The number of hydrogen-bond donors (Lipinski definition) is 0. The lowest BCUT2D eigenvalue weighted by molar-refractivity contribution is 0.0789. The molecule has 0 aliphatic rings. The molecule has 0 fully saturated rings. The fourth-order valence-electron chi connectivity index (χ4n) is 3.17. The predicted octanol–water partition coefficient (Wildman–Crippen LogP) is 5.18. The Labute approximate surface area is 168 Å². The molecule has 4 nitrogen and oxygen atoms in total. The first-order valence-electron chi connectivity index (χ1n) is 9.12. The van der Waals surface area contributed by atoms with Gasteiger partial charge in [-0.3, -0.25) is 4.79 Å². The lowest BCUT2D eigenvalue weighted by Gasteiger charge is -2.16. The number of nitrogens with zero attached hydrogens (tertiary/aromatic N) is 3. The molecule has 0 atom stereocenters. The fraction of sp³-hybridized carbons (Fsp3) is 0.130. The van der Waals surface area contributed by atoms with E-state index in [-0.39, 0.29) is 5.91 Å². The van der Waals surface area contributed by atoms with Crippen molar-refractivity contribution in [2.45, 2.75) is 13.5 Å². The molecule has 0 saturated heterocycles. The van der Waals surface area contributed by atoms with Crippen LogP contribution in [0.2, 0.25) is 0 Å². The Kier molecular flexibility index (Phi) is 5.08. The van der Waals surface area contributed by atoms with Gasteiger partial charge in [0, 0.05) is 30.9 Å². The van der Waals surface area contributed by atoms with E-state index < -0.39 is 0 Å². The average molecular weight is 388 g/mol. The Balaban J connectivity index is 1.70. The van der Waals surface area contributed by atoms with Crippen LogP contribution in [-0.4, -0.2) is 27.6 Å². The van der Waals surface area contributed by atoms with Gasteiger partial charge in [-0.2, -0.15) is 5.10 Å². The highest BCUT2D eigenvalue weighted by atomic mass is 32.1. The van der Waals surface area contributed by atoms with E-state index in [2.05, 4.69) is 0 Å². The topological polar surface area (TPSA) is 38.1 Å². The van der Waals surface area contributed by atoms with Crippen LogP contribution in [0, 0.1) is 6.92 Å². The third-order valence-corrected chi connectivity index (χ3v) is 5.67. The van der Waals surface area contributed by atoms with Crippen molar-refractivity contribution >= 4 is 17.2 Å². The number of carbonyl (C=O) groups excluding carboxylic acids is 1. The van der Waals surface area contributed by atoms with Crippen LogP contribution in [0.15, 0.2) is 78.3 Å². The summed E-state index contributed by atoms with van der Waals surface area (Å²) in [6.07, 6.45) is 2.02. The second kappa shape index (κ2) is 7.82. The zero-order valence-corrected chi connectivity index (χ0v) is 16.7. The summed E-state index contributed by atoms with van der Waals surface area (Å²) in [4.78, 5) is 15.4. The number of hydrogen-bond acceptors (Lipinski definition) is 3. The SMILES string of the molecule is Cc1ccsc1C(=O)N(C)Cc1cn(-c2ccccc2)nc1-c1ccccc1. The van der Waals surface area contributed by atoms with Crippen LogP contribution in [0.3, 0.4) is 0 Å². The molecule has 28 heavy (non-hydrogen) atoms. The van der Waals surface area contributed by atoms with E-state index in [1.807, 2.05) is 97.0 Å². The molecule has 0 N–H and O–H groups in total. The Morgan fingerprint density at radius 2 is 1.71 bits per heavy atom. The van der Waals surface area contributed by atoms with Crippen molar-refractivity contribution in [1.82, 2.24) is 14.7 Å². The Bertz CT molecular complexity index is 1080. The van der Waals surface area contributed by atoms with Gasteiger partial charge in [0.05, 0.1) is 16.3 Å². The summed E-state index contributed by atoms with van der Waals surface area (Å²) in [6, 6.07) is 22.1. The summed E-state index contributed by atoms with van der Waals surface area (Å²) in [7, 11) is 1.84.